The molecule has 8 heteroatoms. The fourth-order valence-corrected chi connectivity index (χ4v) is 3.83. The van der Waals surface area contributed by atoms with Crippen LogP contribution in [0.25, 0.3) is 0 Å². The molecule has 0 aliphatic heterocycles. The quantitative estimate of drug-likeness (QED) is 0.870. The van der Waals surface area contributed by atoms with Gasteiger partial charge in [-0.05, 0) is 24.0 Å². The SMILES string of the molecule is CCc1cccc(CC)c1NS(=O)(=O)c1cn(C)c(=O)n(C)c1=O. The summed E-state index contributed by atoms with van der Waals surface area (Å²) < 4.78 is 29.9. The molecule has 1 N–H and O–H groups in total. The van der Waals surface area contributed by atoms with Gasteiger partial charge in [0.15, 0.2) is 4.90 Å². The van der Waals surface area contributed by atoms with Gasteiger partial charge in [-0.15, -0.1) is 0 Å². The molecule has 1 aromatic carbocycles. The summed E-state index contributed by atoms with van der Waals surface area (Å²) in [7, 11) is -1.46. The summed E-state index contributed by atoms with van der Waals surface area (Å²) in [6.45, 7) is 3.86. The molecule has 0 saturated carbocycles. The van der Waals surface area contributed by atoms with E-state index in [1.165, 1.54) is 14.1 Å². The number of hydrogen-bond donors (Lipinski definition) is 1. The number of aryl methyl sites for hydroxylation is 3. The average molecular weight is 351 g/mol. The number of anilines is 1. The molecule has 0 amide bonds. The van der Waals surface area contributed by atoms with E-state index in [0.29, 0.717) is 18.5 Å². The Labute approximate surface area is 140 Å². The summed E-state index contributed by atoms with van der Waals surface area (Å²) in [4.78, 5) is 23.5. The standard InChI is InChI=1S/C16H21N3O4S/c1-5-11-8-7-9-12(6-2)14(11)17-24(22,23)13-10-18(3)16(21)19(4)15(13)20/h7-10,17H,5-6H2,1-4H3. The molecule has 0 spiro atoms. The number of rotatable bonds is 5. The van der Waals surface area contributed by atoms with Crippen LogP contribution in [0.1, 0.15) is 25.0 Å². The van der Waals surface area contributed by atoms with Crippen LogP contribution in [0.3, 0.4) is 0 Å². The van der Waals surface area contributed by atoms with Crippen molar-refractivity contribution in [2.24, 2.45) is 14.1 Å². The summed E-state index contributed by atoms with van der Waals surface area (Å²) >= 11 is 0. The van der Waals surface area contributed by atoms with Gasteiger partial charge in [0.05, 0.1) is 5.69 Å². The molecule has 2 rings (SSSR count). The van der Waals surface area contributed by atoms with Crippen LogP contribution in [0.2, 0.25) is 0 Å². The molecule has 0 bridgehead atoms. The highest BCUT2D eigenvalue weighted by molar-refractivity contribution is 7.92. The number of para-hydroxylation sites is 1. The average Bonchev–Trinajstić information content (AvgIpc) is 2.55. The molecule has 0 fully saturated rings. The Hall–Kier alpha value is -2.35. The lowest BCUT2D eigenvalue weighted by molar-refractivity contribution is 0.589. The lowest BCUT2D eigenvalue weighted by Gasteiger charge is -2.16. The van der Waals surface area contributed by atoms with Crippen molar-refractivity contribution in [3.8, 4) is 0 Å². The number of benzene rings is 1. The molecule has 0 aliphatic carbocycles. The lowest BCUT2D eigenvalue weighted by Crippen LogP contribution is -2.40. The fourth-order valence-electron chi connectivity index (χ4n) is 2.52. The maximum atomic E-state index is 12.7. The summed E-state index contributed by atoms with van der Waals surface area (Å²) in [5, 5.41) is 0. The van der Waals surface area contributed by atoms with Crippen molar-refractivity contribution in [2.45, 2.75) is 31.6 Å². The van der Waals surface area contributed by atoms with Gasteiger partial charge in [0.1, 0.15) is 0 Å². The molecule has 7 nitrogen and oxygen atoms in total. The van der Waals surface area contributed by atoms with Crippen molar-refractivity contribution >= 4 is 15.7 Å². The minimum Gasteiger partial charge on any atom is -0.302 e. The normalized spacial score (nSPS) is 11.5. The first-order valence-corrected chi connectivity index (χ1v) is 9.11. The number of aromatic nitrogens is 2. The molecule has 130 valence electrons. The second-order valence-corrected chi connectivity index (χ2v) is 7.17. The first-order chi connectivity index (χ1) is 11.2. The number of nitrogens with zero attached hydrogens (tertiary/aromatic N) is 2. The molecule has 2 aromatic rings. The van der Waals surface area contributed by atoms with Crippen molar-refractivity contribution in [1.29, 1.82) is 0 Å². The molecule has 1 aromatic heterocycles. The maximum Gasteiger partial charge on any atom is 0.330 e. The predicted molar refractivity (Wildman–Crippen MR) is 92.9 cm³/mol. The Morgan fingerprint density at radius 3 is 2.08 bits per heavy atom. The smallest absolute Gasteiger partial charge is 0.302 e. The topological polar surface area (TPSA) is 90.2 Å². The first-order valence-electron chi connectivity index (χ1n) is 7.63. The highest BCUT2D eigenvalue weighted by Crippen LogP contribution is 2.24. The van der Waals surface area contributed by atoms with Gasteiger partial charge < -0.3 is 4.57 Å². The Balaban J connectivity index is 2.64. The Kier molecular flexibility index (Phi) is 4.98. The molecule has 0 atom stereocenters. The van der Waals surface area contributed by atoms with E-state index in [2.05, 4.69) is 4.72 Å². The van der Waals surface area contributed by atoms with Gasteiger partial charge in [-0.2, -0.15) is 0 Å². The largest absolute Gasteiger partial charge is 0.330 e. The molecular weight excluding hydrogens is 330 g/mol. The Bertz CT molecular complexity index is 965. The second kappa shape index (κ2) is 6.64. The lowest BCUT2D eigenvalue weighted by atomic mass is 10.0. The van der Waals surface area contributed by atoms with Gasteiger partial charge in [-0.3, -0.25) is 14.1 Å². The fraction of sp³-hybridized carbons (Fsp3) is 0.375. The van der Waals surface area contributed by atoms with Crippen LogP contribution < -0.4 is 16.0 Å². The monoisotopic (exact) mass is 351 g/mol. The zero-order valence-corrected chi connectivity index (χ0v) is 15.0. The number of sulfonamides is 1. The molecule has 0 radical (unpaired) electrons. The summed E-state index contributed by atoms with van der Waals surface area (Å²) in [5.41, 5.74) is 0.761. The third-order valence-electron chi connectivity index (χ3n) is 3.94. The van der Waals surface area contributed by atoms with Crippen LogP contribution in [-0.4, -0.2) is 17.6 Å². The Morgan fingerprint density at radius 1 is 1.04 bits per heavy atom. The number of hydrogen-bond acceptors (Lipinski definition) is 4. The van der Waals surface area contributed by atoms with Crippen molar-refractivity contribution < 1.29 is 8.42 Å². The minimum absolute atomic E-state index is 0.458. The number of nitrogens with one attached hydrogen (secondary N) is 1. The van der Waals surface area contributed by atoms with Gasteiger partial charge in [0.25, 0.3) is 15.6 Å². The van der Waals surface area contributed by atoms with Crippen LogP contribution in [-0.2, 0) is 37.0 Å². The maximum absolute atomic E-state index is 12.7. The Morgan fingerprint density at radius 2 is 1.58 bits per heavy atom. The van der Waals surface area contributed by atoms with E-state index in [-0.39, 0.29) is 0 Å². The summed E-state index contributed by atoms with van der Waals surface area (Å²) in [6.07, 6.45) is 2.35. The van der Waals surface area contributed by atoms with E-state index in [1.54, 1.807) is 0 Å². The van der Waals surface area contributed by atoms with Crippen LogP contribution in [0.15, 0.2) is 38.9 Å². The molecule has 24 heavy (non-hydrogen) atoms. The highest BCUT2D eigenvalue weighted by Gasteiger charge is 2.23. The van der Waals surface area contributed by atoms with Crippen LogP contribution in [0, 0.1) is 0 Å². The van der Waals surface area contributed by atoms with Crippen LogP contribution in [0.5, 0.6) is 0 Å². The third kappa shape index (κ3) is 3.14. The zero-order valence-electron chi connectivity index (χ0n) is 14.2. The van der Waals surface area contributed by atoms with E-state index >= 15 is 0 Å². The highest BCUT2D eigenvalue weighted by atomic mass is 32.2. The molecule has 0 unspecified atom stereocenters. The molecule has 0 saturated heterocycles. The van der Waals surface area contributed by atoms with Crippen molar-refractivity contribution in [3.63, 3.8) is 0 Å². The summed E-state index contributed by atoms with van der Waals surface area (Å²) in [6, 6.07) is 5.56. The van der Waals surface area contributed by atoms with Crippen molar-refractivity contribution in [3.05, 3.63) is 56.4 Å². The molecule has 1 heterocycles. The van der Waals surface area contributed by atoms with E-state index in [1.807, 2.05) is 32.0 Å². The van der Waals surface area contributed by atoms with Gasteiger partial charge in [-0.1, -0.05) is 32.0 Å². The van der Waals surface area contributed by atoms with E-state index in [4.69, 9.17) is 0 Å². The summed E-state index contributed by atoms with van der Waals surface area (Å²) in [5.74, 6) is 0. The van der Waals surface area contributed by atoms with E-state index in [0.717, 1.165) is 26.5 Å². The zero-order chi connectivity index (χ0) is 18.1. The molecular formula is C16H21N3O4S. The van der Waals surface area contributed by atoms with Gasteiger partial charge in [0.2, 0.25) is 0 Å². The van der Waals surface area contributed by atoms with Gasteiger partial charge >= 0.3 is 5.69 Å². The van der Waals surface area contributed by atoms with Gasteiger partial charge in [-0.25, -0.2) is 13.2 Å². The first kappa shape index (κ1) is 18.0. The van der Waals surface area contributed by atoms with E-state index in [9.17, 15) is 18.0 Å². The predicted octanol–water partition coefficient (Wildman–Crippen LogP) is 1.01. The van der Waals surface area contributed by atoms with Gasteiger partial charge in [0, 0.05) is 20.3 Å². The van der Waals surface area contributed by atoms with Crippen molar-refractivity contribution in [2.75, 3.05) is 4.72 Å². The minimum atomic E-state index is -4.11. The third-order valence-corrected chi connectivity index (χ3v) is 5.27. The van der Waals surface area contributed by atoms with E-state index < -0.39 is 26.2 Å². The second-order valence-electron chi connectivity index (χ2n) is 5.51. The van der Waals surface area contributed by atoms with Crippen molar-refractivity contribution in [1.82, 2.24) is 9.13 Å². The van der Waals surface area contributed by atoms with Crippen LogP contribution >= 0.6 is 0 Å². The molecule has 0 aliphatic rings. The van der Waals surface area contributed by atoms with Crippen LogP contribution in [0.4, 0.5) is 5.69 Å².